The highest BCUT2D eigenvalue weighted by Gasteiger charge is 2.08. The number of carbonyl (C=O) groups excluding carboxylic acids is 1. The molecule has 3 N–H and O–H groups in total. The molecule has 0 heterocycles. The van der Waals surface area contributed by atoms with Gasteiger partial charge >= 0.3 is 6.03 Å². The Balaban J connectivity index is 2.06. The SMILES string of the molecule is O=C(Nc1ccc(F)c(F)c1)Nc1ccccc1CCO. The van der Waals surface area contributed by atoms with E-state index in [0.29, 0.717) is 12.1 Å². The number of hydrogen-bond donors (Lipinski definition) is 3. The van der Waals surface area contributed by atoms with Crippen LogP contribution in [0.1, 0.15) is 5.56 Å². The summed E-state index contributed by atoms with van der Waals surface area (Å²) < 4.78 is 25.8. The molecule has 2 rings (SSSR count). The van der Waals surface area contributed by atoms with Crippen molar-refractivity contribution >= 4 is 17.4 Å². The molecule has 0 bridgehead atoms. The number of hydrogen-bond acceptors (Lipinski definition) is 2. The first kappa shape index (κ1) is 14.9. The van der Waals surface area contributed by atoms with Crippen LogP contribution in [0, 0.1) is 11.6 Å². The molecule has 2 amide bonds. The van der Waals surface area contributed by atoms with Gasteiger partial charge < -0.3 is 15.7 Å². The van der Waals surface area contributed by atoms with Crippen LogP contribution < -0.4 is 10.6 Å². The molecule has 0 fully saturated rings. The van der Waals surface area contributed by atoms with Gasteiger partial charge in [-0.15, -0.1) is 0 Å². The molecule has 0 spiro atoms. The van der Waals surface area contributed by atoms with E-state index in [1.54, 1.807) is 24.3 Å². The van der Waals surface area contributed by atoms with Crippen molar-refractivity contribution in [3.63, 3.8) is 0 Å². The van der Waals surface area contributed by atoms with Crippen molar-refractivity contribution < 1.29 is 18.7 Å². The van der Waals surface area contributed by atoms with Gasteiger partial charge in [-0.3, -0.25) is 0 Å². The third-order valence-corrected chi connectivity index (χ3v) is 2.82. The number of aliphatic hydroxyl groups is 1. The first-order valence-electron chi connectivity index (χ1n) is 6.32. The summed E-state index contributed by atoms with van der Waals surface area (Å²) in [4.78, 5) is 11.8. The van der Waals surface area contributed by atoms with Crippen molar-refractivity contribution in [2.75, 3.05) is 17.2 Å². The lowest BCUT2D eigenvalue weighted by Gasteiger charge is -2.11. The maximum Gasteiger partial charge on any atom is 0.323 e. The lowest BCUT2D eigenvalue weighted by molar-refractivity contribution is 0.262. The van der Waals surface area contributed by atoms with Crippen LogP contribution >= 0.6 is 0 Å². The highest BCUT2D eigenvalue weighted by molar-refractivity contribution is 6.00. The largest absolute Gasteiger partial charge is 0.396 e. The summed E-state index contributed by atoms with van der Waals surface area (Å²) in [6.07, 6.45) is 0.404. The molecule has 0 aliphatic heterocycles. The van der Waals surface area contributed by atoms with Gasteiger partial charge in [-0.1, -0.05) is 18.2 Å². The second kappa shape index (κ2) is 6.81. The Labute approximate surface area is 120 Å². The van der Waals surface area contributed by atoms with Crippen LogP contribution in [-0.4, -0.2) is 17.7 Å². The number of amides is 2. The maximum absolute atomic E-state index is 13.0. The second-order valence-electron chi connectivity index (χ2n) is 4.34. The van der Waals surface area contributed by atoms with Crippen LogP contribution in [0.3, 0.4) is 0 Å². The van der Waals surface area contributed by atoms with Crippen molar-refractivity contribution in [3.8, 4) is 0 Å². The maximum atomic E-state index is 13.0. The first-order valence-corrected chi connectivity index (χ1v) is 6.32. The summed E-state index contributed by atoms with van der Waals surface area (Å²) in [6, 6.07) is 9.53. The van der Waals surface area contributed by atoms with E-state index in [-0.39, 0.29) is 12.3 Å². The highest BCUT2D eigenvalue weighted by Crippen LogP contribution is 2.17. The van der Waals surface area contributed by atoms with E-state index in [2.05, 4.69) is 10.6 Å². The molecular formula is C15H14F2N2O2. The van der Waals surface area contributed by atoms with Gasteiger partial charge in [-0.05, 0) is 30.2 Å². The predicted molar refractivity (Wildman–Crippen MR) is 76.2 cm³/mol. The zero-order valence-electron chi connectivity index (χ0n) is 11.1. The lowest BCUT2D eigenvalue weighted by atomic mass is 10.1. The molecule has 2 aromatic carbocycles. The third-order valence-electron chi connectivity index (χ3n) is 2.82. The number of benzene rings is 2. The standard InChI is InChI=1S/C15H14F2N2O2/c16-12-6-5-11(9-13(12)17)18-15(21)19-14-4-2-1-3-10(14)7-8-20/h1-6,9,20H,7-8H2,(H2,18,19,21). The van der Waals surface area contributed by atoms with E-state index in [9.17, 15) is 13.6 Å². The zero-order valence-corrected chi connectivity index (χ0v) is 11.1. The number of carbonyl (C=O) groups is 1. The fourth-order valence-corrected chi connectivity index (χ4v) is 1.84. The summed E-state index contributed by atoms with van der Waals surface area (Å²) in [6.45, 7) is -0.0382. The lowest BCUT2D eigenvalue weighted by Crippen LogP contribution is -2.20. The fourth-order valence-electron chi connectivity index (χ4n) is 1.84. The van der Waals surface area contributed by atoms with Crippen molar-refractivity contribution in [3.05, 3.63) is 59.7 Å². The van der Waals surface area contributed by atoms with Crippen molar-refractivity contribution in [2.45, 2.75) is 6.42 Å². The minimum Gasteiger partial charge on any atom is -0.396 e. The van der Waals surface area contributed by atoms with Crippen LogP contribution in [-0.2, 0) is 6.42 Å². The minimum absolute atomic E-state index is 0.0382. The van der Waals surface area contributed by atoms with Gasteiger partial charge in [0.1, 0.15) is 0 Å². The average Bonchev–Trinajstić information content (AvgIpc) is 2.45. The Morgan fingerprint density at radius 1 is 1.05 bits per heavy atom. The molecule has 0 aliphatic carbocycles. The van der Waals surface area contributed by atoms with Crippen LogP contribution in [0.2, 0.25) is 0 Å². The third kappa shape index (κ3) is 4.00. The number of anilines is 2. The van der Waals surface area contributed by atoms with Crippen LogP contribution in [0.15, 0.2) is 42.5 Å². The van der Waals surface area contributed by atoms with Gasteiger partial charge in [0.25, 0.3) is 0 Å². The van der Waals surface area contributed by atoms with Crippen LogP contribution in [0.4, 0.5) is 25.0 Å². The van der Waals surface area contributed by atoms with Gasteiger partial charge in [-0.25, -0.2) is 13.6 Å². The summed E-state index contributed by atoms with van der Waals surface area (Å²) in [5.74, 6) is -2.01. The molecule has 0 aromatic heterocycles. The summed E-state index contributed by atoms with van der Waals surface area (Å²) in [5.41, 5.74) is 1.47. The van der Waals surface area contributed by atoms with E-state index < -0.39 is 17.7 Å². The average molecular weight is 292 g/mol. The molecular weight excluding hydrogens is 278 g/mol. The molecule has 0 aliphatic rings. The van der Waals surface area contributed by atoms with Gasteiger partial charge in [0.15, 0.2) is 11.6 Å². The minimum atomic E-state index is -1.03. The topological polar surface area (TPSA) is 61.4 Å². The number of para-hydroxylation sites is 1. The van der Waals surface area contributed by atoms with Crippen molar-refractivity contribution in [1.82, 2.24) is 0 Å². The summed E-state index contributed by atoms with van der Waals surface area (Å²) >= 11 is 0. The fraction of sp³-hybridized carbons (Fsp3) is 0.133. The smallest absolute Gasteiger partial charge is 0.323 e. The zero-order chi connectivity index (χ0) is 15.2. The van der Waals surface area contributed by atoms with E-state index >= 15 is 0 Å². The predicted octanol–water partition coefficient (Wildman–Crippen LogP) is 3.14. The molecule has 0 atom stereocenters. The normalized spacial score (nSPS) is 10.2. The van der Waals surface area contributed by atoms with Gasteiger partial charge in [-0.2, -0.15) is 0 Å². The Kier molecular flexibility index (Phi) is 4.84. The summed E-state index contributed by atoms with van der Waals surface area (Å²) in [5, 5.41) is 14.0. The van der Waals surface area contributed by atoms with Gasteiger partial charge in [0.2, 0.25) is 0 Å². The molecule has 110 valence electrons. The van der Waals surface area contributed by atoms with E-state index in [1.807, 2.05) is 0 Å². The van der Waals surface area contributed by atoms with Crippen molar-refractivity contribution in [1.29, 1.82) is 0 Å². The quantitative estimate of drug-likeness (QED) is 0.810. The number of rotatable bonds is 4. The molecule has 21 heavy (non-hydrogen) atoms. The van der Waals surface area contributed by atoms with Gasteiger partial charge in [0.05, 0.1) is 0 Å². The first-order chi connectivity index (χ1) is 10.1. The monoisotopic (exact) mass is 292 g/mol. The molecule has 6 heteroatoms. The van der Waals surface area contributed by atoms with Gasteiger partial charge in [0, 0.05) is 24.0 Å². The Morgan fingerprint density at radius 2 is 1.81 bits per heavy atom. The Bertz CT molecular complexity index is 647. The summed E-state index contributed by atoms with van der Waals surface area (Å²) in [7, 11) is 0. The molecule has 0 saturated carbocycles. The molecule has 2 aromatic rings. The Morgan fingerprint density at radius 3 is 2.52 bits per heavy atom. The molecule has 4 nitrogen and oxygen atoms in total. The highest BCUT2D eigenvalue weighted by atomic mass is 19.2. The van der Waals surface area contributed by atoms with E-state index in [1.165, 1.54) is 6.07 Å². The van der Waals surface area contributed by atoms with Crippen LogP contribution in [0.25, 0.3) is 0 Å². The molecule has 0 unspecified atom stereocenters. The molecule has 0 saturated heterocycles. The van der Waals surface area contributed by atoms with Crippen LogP contribution in [0.5, 0.6) is 0 Å². The number of urea groups is 1. The van der Waals surface area contributed by atoms with E-state index in [0.717, 1.165) is 17.7 Å². The molecule has 0 radical (unpaired) electrons. The number of nitrogens with one attached hydrogen (secondary N) is 2. The second-order valence-corrected chi connectivity index (χ2v) is 4.34. The number of halogens is 2. The Hall–Kier alpha value is -2.47. The number of aliphatic hydroxyl groups excluding tert-OH is 1. The van der Waals surface area contributed by atoms with E-state index in [4.69, 9.17) is 5.11 Å². The van der Waals surface area contributed by atoms with Crippen molar-refractivity contribution in [2.24, 2.45) is 0 Å².